The molecule has 4 aliphatic carbocycles. The third-order valence-corrected chi connectivity index (χ3v) is 7.65. The van der Waals surface area contributed by atoms with Gasteiger partial charge in [-0.1, -0.05) is 23.2 Å². The van der Waals surface area contributed by atoms with Gasteiger partial charge in [0.2, 0.25) is 0 Å². The van der Waals surface area contributed by atoms with Crippen LogP contribution in [0, 0.1) is 23.2 Å². The number of benzene rings is 1. The summed E-state index contributed by atoms with van der Waals surface area (Å²) in [5, 5.41) is 0.948. The van der Waals surface area contributed by atoms with Crippen molar-refractivity contribution in [3.05, 3.63) is 58.0 Å². The Balaban J connectivity index is 1.21. The summed E-state index contributed by atoms with van der Waals surface area (Å²) in [6, 6.07) is 8.88. The van der Waals surface area contributed by atoms with Crippen LogP contribution >= 0.6 is 23.2 Å². The van der Waals surface area contributed by atoms with Gasteiger partial charge in [-0.3, -0.25) is 4.79 Å². The van der Waals surface area contributed by atoms with Crippen LogP contribution in [0.4, 0.5) is 0 Å². The number of allylic oxidation sites excluding steroid dienone is 1. The zero-order valence-electron chi connectivity index (χ0n) is 16.2. The van der Waals surface area contributed by atoms with Crippen molar-refractivity contribution in [3.63, 3.8) is 0 Å². The normalized spacial score (nSPS) is 30.2. The fourth-order valence-electron chi connectivity index (χ4n) is 6.03. The van der Waals surface area contributed by atoms with Gasteiger partial charge in [0, 0.05) is 11.5 Å². The summed E-state index contributed by atoms with van der Waals surface area (Å²) in [5.74, 6) is 4.60. The van der Waals surface area contributed by atoms with E-state index in [9.17, 15) is 4.79 Å². The third kappa shape index (κ3) is 3.87. The molecule has 4 aliphatic rings. The van der Waals surface area contributed by atoms with Gasteiger partial charge in [0.1, 0.15) is 23.9 Å². The van der Waals surface area contributed by atoms with Crippen LogP contribution in [0.2, 0.25) is 10.0 Å². The molecule has 1 aromatic heterocycles. The van der Waals surface area contributed by atoms with Crippen molar-refractivity contribution < 1.29 is 13.9 Å². The van der Waals surface area contributed by atoms with Crippen molar-refractivity contribution in [3.8, 4) is 5.75 Å². The lowest BCUT2D eigenvalue weighted by Gasteiger charge is -2.55. The van der Waals surface area contributed by atoms with E-state index in [1.165, 1.54) is 19.3 Å². The molecule has 4 bridgehead atoms. The van der Waals surface area contributed by atoms with Gasteiger partial charge in [0.15, 0.2) is 5.78 Å². The quantitative estimate of drug-likeness (QED) is 0.464. The maximum atomic E-state index is 13.1. The summed E-state index contributed by atoms with van der Waals surface area (Å²) in [5.41, 5.74) is -0.0996. The average Bonchev–Trinajstić information content (AvgIpc) is 3.14. The van der Waals surface area contributed by atoms with Gasteiger partial charge in [-0.05, 0) is 92.7 Å². The first-order valence-corrected chi connectivity index (χ1v) is 11.1. The highest BCUT2D eigenvalue weighted by atomic mass is 35.5. The van der Waals surface area contributed by atoms with E-state index >= 15 is 0 Å². The Morgan fingerprint density at radius 2 is 1.72 bits per heavy atom. The molecule has 0 N–H and O–H groups in total. The predicted octanol–water partition coefficient (Wildman–Crippen LogP) is 6.96. The zero-order chi connectivity index (χ0) is 20.0. The molecule has 29 heavy (non-hydrogen) atoms. The highest BCUT2D eigenvalue weighted by Crippen LogP contribution is 2.60. The second-order valence-corrected chi connectivity index (χ2v) is 9.88. The molecule has 0 radical (unpaired) electrons. The summed E-state index contributed by atoms with van der Waals surface area (Å²) in [7, 11) is 0. The largest absolute Gasteiger partial charge is 0.486 e. The number of rotatable bonds is 6. The molecule has 5 heteroatoms. The van der Waals surface area contributed by atoms with Crippen molar-refractivity contribution in [2.24, 2.45) is 23.2 Å². The van der Waals surface area contributed by atoms with Crippen molar-refractivity contribution in [2.75, 3.05) is 0 Å². The number of ether oxygens (including phenoxy) is 1. The smallest absolute Gasteiger partial charge is 0.161 e. The lowest BCUT2D eigenvalue weighted by atomic mass is 9.48. The van der Waals surface area contributed by atoms with Crippen LogP contribution in [0.5, 0.6) is 5.75 Å². The number of carbonyl (C=O) groups is 1. The minimum atomic E-state index is -0.0996. The van der Waals surface area contributed by atoms with Crippen molar-refractivity contribution in [1.82, 2.24) is 0 Å². The maximum Gasteiger partial charge on any atom is 0.161 e. The van der Waals surface area contributed by atoms with Crippen LogP contribution < -0.4 is 4.74 Å². The first-order chi connectivity index (χ1) is 14.0. The predicted molar refractivity (Wildman–Crippen MR) is 114 cm³/mol. The van der Waals surface area contributed by atoms with E-state index in [0.29, 0.717) is 33.1 Å². The van der Waals surface area contributed by atoms with E-state index in [2.05, 4.69) is 0 Å². The SMILES string of the molecule is O=C(/C=C/c1ccc(COc2ccc(Cl)c(Cl)c2)o1)C12CC3CC(CC(C3)C1)C2. The van der Waals surface area contributed by atoms with Gasteiger partial charge < -0.3 is 9.15 Å². The summed E-state index contributed by atoms with van der Waals surface area (Å²) >= 11 is 11.9. The highest BCUT2D eigenvalue weighted by molar-refractivity contribution is 6.42. The summed E-state index contributed by atoms with van der Waals surface area (Å²) in [4.78, 5) is 13.1. The van der Waals surface area contributed by atoms with Crippen LogP contribution in [-0.2, 0) is 11.4 Å². The molecule has 0 aliphatic heterocycles. The fourth-order valence-corrected chi connectivity index (χ4v) is 6.32. The Kier molecular flexibility index (Phi) is 4.99. The molecule has 2 aromatic rings. The second kappa shape index (κ2) is 7.52. The van der Waals surface area contributed by atoms with Crippen LogP contribution in [0.15, 0.2) is 40.8 Å². The van der Waals surface area contributed by atoms with Crippen LogP contribution in [-0.4, -0.2) is 5.78 Å². The minimum Gasteiger partial charge on any atom is -0.486 e. The molecule has 0 saturated heterocycles. The van der Waals surface area contributed by atoms with Gasteiger partial charge >= 0.3 is 0 Å². The standard InChI is InChI=1S/C24H24Cl2O3/c25-21-5-3-19(10-22(21)26)28-14-20-2-1-18(29-20)4-6-23(27)24-11-15-7-16(12-24)9-17(8-15)13-24/h1-6,10,15-17H,7-9,11-14H2/b6-4+. The Labute approximate surface area is 181 Å². The first-order valence-electron chi connectivity index (χ1n) is 10.4. The van der Waals surface area contributed by atoms with Crippen molar-refractivity contribution in [1.29, 1.82) is 0 Å². The molecular formula is C24H24Cl2O3. The fraction of sp³-hybridized carbons (Fsp3) is 0.458. The minimum absolute atomic E-state index is 0.0996. The topological polar surface area (TPSA) is 39.4 Å². The molecule has 0 amide bonds. The molecule has 0 atom stereocenters. The summed E-state index contributed by atoms with van der Waals surface area (Å²) < 4.78 is 11.5. The van der Waals surface area contributed by atoms with E-state index in [0.717, 1.165) is 37.0 Å². The van der Waals surface area contributed by atoms with Crippen LogP contribution in [0.1, 0.15) is 50.0 Å². The Morgan fingerprint density at radius 1 is 1.03 bits per heavy atom. The lowest BCUT2D eigenvalue weighted by molar-refractivity contribution is -0.138. The Bertz CT molecular complexity index is 924. The maximum absolute atomic E-state index is 13.1. The van der Waals surface area contributed by atoms with E-state index < -0.39 is 0 Å². The van der Waals surface area contributed by atoms with Crippen molar-refractivity contribution in [2.45, 2.75) is 45.1 Å². The molecule has 1 aromatic carbocycles. The third-order valence-electron chi connectivity index (χ3n) is 6.91. The van der Waals surface area contributed by atoms with Gasteiger partial charge in [0.05, 0.1) is 10.0 Å². The van der Waals surface area contributed by atoms with Crippen LogP contribution in [0.25, 0.3) is 6.08 Å². The van der Waals surface area contributed by atoms with Gasteiger partial charge in [0.25, 0.3) is 0 Å². The monoisotopic (exact) mass is 430 g/mol. The Hall–Kier alpha value is -1.71. The molecular weight excluding hydrogens is 407 g/mol. The number of ketones is 1. The van der Waals surface area contributed by atoms with E-state index in [1.807, 2.05) is 18.2 Å². The zero-order valence-corrected chi connectivity index (χ0v) is 17.7. The lowest BCUT2D eigenvalue weighted by Crippen LogP contribution is -2.49. The van der Waals surface area contributed by atoms with E-state index in [4.69, 9.17) is 32.4 Å². The molecule has 4 fully saturated rings. The Morgan fingerprint density at radius 3 is 2.38 bits per heavy atom. The molecule has 3 nitrogen and oxygen atoms in total. The highest BCUT2D eigenvalue weighted by Gasteiger charge is 2.53. The molecule has 0 spiro atoms. The number of carbonyl (C=O) groups excluding carboxylic acids is 1. The number of furan rings is 1. The number of hydrogen-bond donors (Lipinski definition) is 0. The second-order valence-electron chi connectivity index (χ2n) is 9.06. The molecule has 152 valence electrons. The van der Waals surface area contributed by atoms with Gasteiger partial charge in [-0.2, -0.15) is 0 Å². The first kappa shape index (κ1) is 19.3. The summed E-state index contributed by atoms with van der Waals surface area (Å²) in [6.07, 6.45) is 10.8. The molecule has 0 unspecified atom stereocenters. The van der Waals surface area contributed by atoms with Gasteiger partial charge in [-0.25, -0.2) is 0 Å². The van der Waals surface area contributed by atoms with Gasteiger partial charge in [-0.15, -0.1) is 0 Å². The molecule has 1 heterocycles. The van der Waals surface area contributed by atoms with E-state index in [-0.39, 0.29) is 12.0 Å². The van der Waals surface area contributed by atoms with E-state index in [1.54, 1.807) is 24.3 Å². The molecule has 6 rings (SSSR count). The molecule has 4 saturated carbocycles. The van der Waals surface area contributed by atoms with Crippen LogP contribution in [0.3, 0.4) is 0 Å². The van der Waals surface area contributed by atoms with Crippen molar-refractivity contribution >= 4 is 35.1 Å². The number of hydrogen-bond acceptors (Lipinski definition) is 3. The average molecular weight is 431 g/mol. The summed E-state index contributed by atoms with van der Waals surface area (Å²) in [6.45, 7) is 0.286. The number of halogens is 2.